The van der Waals surface area contributed by atoms with Gasteiger partial charge in [-0.25, -0.2) is 21.9 Å². The van der Waals surface area contributed by atoms with Crippen LogP contribution in [0.2, 0.25) is 0 Å². The van der Waals surface area contributed by atoms with Crippen molar-refractivity contribution < 1.29 is 27.1 Å². The van der Waals surface area contributed by atoms with Crippen LogP contribution in [-0.2, 0) is 14.8 Å². The van der Waals surface area contributed by atoms with E-state index in [-0.39, 0.29) is 30.0 Å². The third-order valence-electron chi connectivity index (χ3n) is 6.34. The molecule has 2 N–H and O–H groups in total. The first-order valence-corrected chi connectivity index (χ1v) is 12.0. The van der Waals surface area contributed by atoms with Crippen molar-refractivity contribution in [1.82, 2.24) is 9.62 Å². The highest BCUT2D eigenvalue weighted by Crippen LogP contribution is 2.62. The smallest absolute Gasteiger partial charge is 0.232 e. The Bertz CT molecular complexity index is 1100. The molecule has 4 rings (SSSR count). The zero-order valence-corrected chi connectivity index (χ0v) is 17.8. The lowest BCUT2D eigenvalue weighted by Crippen LogP contribution is -2.58. The molecule has 166 valence electrons. The maximum atomic E-state index is 14.4. The number of nitrogens with one attached hydrogen (secondary N) is 1. The predicted molar refractivity (Wildman–Crippen MR) is 112 cm³/mol. The Kier molecular flexibility index (Phi) is 5.61. The fraction of sp³-hybridized carbons (Fsp3) is 0.409. The van der Waals surface area contributed by atoms with Crippen molar-refractivity contribution in [2.75, 3.05) is 26.0 Å². The third kappa shape index (κ3) is 3.97. The molecule has 1 heterocycles. The molecule has 2 aromatic carbocycles. The van der Waals surface area contributed by atoms with Gasteiger partial charge in [-0.1, -0.05) is 30.3 Å². The van der Waals surface area contributed by atoms with Crippen molar-refractivity contribution in [2.45, 2.75) is 24.8 Å². The van der Waals surface area contributed by atoms with Gasteiger partial charge in [-0.2, -0.15) is 0 Å². The lowest BCUT2D eigenvalue weighted by atomic mass is 9.90. The summed E-state index contributed by atoms with van der Waals surface area (Å²) in [6.07, 6.45) is 2.08. The summed E-state index contributed by atoms with van der Waals surface area (Å²) in [6.45, 7) is 0.202. The Labute approximate surface area is 179 Å². The van der Waals surface area contributed by atoms with Crippen LogP contribution in [-0.4, -0.2) is 56.3 Å². The summed E-state index contributed by atoms with van der Waals surface area (Å²) in [4.78, 5) is 14.9. The number of carbonyl (C=O) groups is 1. The van der Waals surface area contributed by atoms with Gasteiger partial charge >= 0.3 is 0 Å². The fourth-order valence-electron chi connectivity index (χ4n) is 4.43. The highest BCUT2D eigenvalue weighted by molar-refractivity contribution is 7.88. The molecule has 3 atom stereocenters. The number of aliphatic hydroxyl groups excluding tert-OH is 1. The van der Waals surface area contributed by atoms with E-state index in [2.05, 4.69) is 4.72 Å². The van der Waals surface area contributed by atoms with E-state index in [9.17, 15) is 27.1 Å². The molecule has 0 bridgehead atoms. The maximum Gasteiger partial charge on any atom is 0.232 e. The summed E-state index contributed by atoms with van der Waals surface area (Å²) in [6, 6.07) is 10.2. The van der Waals surface area contributed by atoms with Gasteiger partial charge in [0.25, 0.3) is 0 Å². The molecule has 1 aliphatic carbocycles. The second-order valence-corrected chi connectivity index (χ2v) is 10.1. The molecule has 2 aromatic rings. The SMILES string of the molecule is CS(=O)(=O)NC[C@@H]1CCN1C(=O)[C@]1(CO)C[C@H]1c1ccccc1-c1c(F)cccc1F. The highest BCUT2D eigenvalue weighted by atomic mass is 32.2. The number of amides is 1. The summed E-state index contributed by atoms with van der Waals surface area (Å²) in [7, 11) is -3.38. The largest absolute Gasteiger partial charge is 0.395 e. The van der Waals surface area contributed by atoms with E-state index < -0.39 is 33.7 Å². The number of aliphatic hydroxyl groups is 1. The number of likely N-dealkylation sites (tertiary alicyclic amines) is 1. The molecule has 0 spiro atoms. The van der Waals surface area contributed by atoms with Crippen molar-refractivity contribution >= 4 is 15.9 Å². The van der Waals surface area contributed by atoms with E-state index in [1.807, 2.05) is 0 Å². The van der Waals surface area contributed by atoms with Gasteiger partial charge in [0.2, 0.25) is 15.9 Å². The summed E-state index contributed by atoms with van der Waals surface area (Å²) < 4.78 is 54.0. The van der Waals surface area contributed by atoms with E-state index in [0.717, 1.165) is 6.26 Å². The number of benzene rings is 2. The number of carbonyl (C=O) groups excluding carboxylic acids is 1. The van der Waals surface area contributed by atoms with Crippen LogP contribution in [0, 0.1) is 17.0 Å². The maximum absolute atomic E-state index is 14.4. The Morgan fingerprint density at radius 1 is 1.19 bits per heavy atom. The molecule has 0 radical (unpaired) electrons. The van der Waals surface area contributed by atoms with Crippen LogP contribution in [0.1, 0.15) is 24.3 Å². The Morgan fingerprint density at radius 2 is 1.87 bits per heavy atom. The Hall–Kier alpha value is -2.36. The molecule has 0 unspecified atom stereocenters. The van der Waals surface area contributed by atoms with Crippen LogP contribution >= 0.6 is 0 Å². The second kappa shape index (κ2) is 7.96. The first-order valence-electron chi connectivity index (χ1n) is 10.1. The van der Waals surface area contributed by atoms with Crippen LogP contribution < -0.4 is 4.72 Å². The summed E-state index contributed by atoms with van der Waals surface area (Å²) in [5, 5.41) is 10.1. The van der Waals surface area contributed by atoms with E-state index in [1.165, 1.54) is 18.2 Å². The summed E-state index contributed by atoms with van der Waals surface area (Å²) in [5.41, 5.74) is -0.240. The minimum absolute atomic E-state index is 0.119. The van der Waals surface area contributed by atoms with E-state index in [4.69, 9.17) is 0 Å². The minimum Gasteiger partial charge on any atom is -0.395 e. The average Bonchev–Trinajstić information content (AvgIpc) is 3.42. The fourth-order valence-corrected chi connectivity index (χ4v) is 4.92. The summed E-state index contributed by atoms with van der Waals surface area (Å²) in [5.74, 6) is -2.02. The molecular formula is C22H24F2N2O4S. The molecule has 1 saturated carbocycles. The minimum atomic E-state index is -3.38. The summed E-state index contributed by atoms with van der Waals surface area (Å²) >= 11 is 0. The molecule has 1 saturated heterocycles. The second-order valence-electron chi connectivity index (χ2n) is 8.32. The number of rotatable bonds is 7. The Morgan fingerprint density at radius 3 is 2.45 bits per heavy atom. The number of nitrogens with zero attached hydrogens (tertiary/aromatic N) is 1. The Balaban J connectivity index is 1.60. The molecule has 0 aromatic heterocycles. The van der Waals surface area contributed by atoms with Gasteiger partial charge in [0.15, 0.2) is 0 Å². The van der Waals surface area contributed by atoms with Gasteiger partial charge in [-0.3, -0.25) is 4.79 Å². The van der Waals surface area contributed by atoms with E-state index in [0.29, 0.717) is 30.5 Å². The van der Waals surface area contributed by atoms with E-state index >= 15 is 0 Å². The van der Waals surface area contributed by atoms with Crippen molar-refractivity contribution in [3.63, 3.8) is 0 Å². The van der Waals surface area contributed by atoms with Gasteiger partial charge < -0.3 is 10.0 Å². The lowest BCUT2D eigenvalue weighted by Gasteiger charge is -2.43. The van der Waals surface area contributed by atoms with Gasteiger partial charge in [0, 0.05) is 25.0 Å². The molecule has 1 aliphatic heterocycles. The lowest BCUT2D eigenvalue weighted by molar-refractivity contribution is -0.146. The van der Waals surface area contributed by atoms with Crippen LogP contribution in [0.4, 0.5) is 8.78 Å². The monoisotopic (exact) mass is 450 g/mol. The number of sulfonamides is 1. The number of halogens is 2. The van der Waals surface area contributed by atoms with Gasteiger partial charge in [-0.05, 0) is 36.1 Å². The predicted octanol–water partition coefficient (Wildman–Crippen LogP) is 2.25. The van der Waals surface area contributed by atoms with Crippen molar-refractivity contribution in [3.8, 4) is 11.1 Å². The quantitative estimate of drug-likeness (QED) is 0.678. The standard InChI is InChI=1S/C22H24F2N2O4S/c1-31(29,30)25-12-14-9-10-26(14)21(28)22(13-27)11-17(22)15-5-2-3-6-16(15)20-18(23)7-4-8-19(20)24/h2-8,14,17,25,27H,9-13H2,1H3/t14-,17-,22-/m0/s1. The van der Waals surface area contributed by atoms with Gasteiger partial charge in [0.1, 0.15) is 11.6 Å². The highest BCUT2D eigenvalue weighted by Gasteiger charge is 2.63. The molecule has 2 fully saturated rings. The van der Waals surface area contributed by atoms with Gasteiger partial charge in [-0.15, -0.1) is 0 Å². The zero-order chi connectivity index (χ0) is 22.4. The normalized spacial score (nSPS) is 25.2. The van der Waals surface area contributed by atoms with Crippen molar-refractivity contribution in [3.05, 3.63) is 59.7 Å². The molecule has 1 amide bonds. The van der Waals surface area contributed by atoms with Crippen LogP contribution in [0.15, 0.2) is 42.5 Å². The average molecular weight is 451 g/mol. The molecule has 2 aliphatic rings. The number of hydrogen-bond acceptors (Lipinski definition) is 4. The topological polar surface area (TPSA) is 86.7 Å². The third-order valence-corrected chi connectivity index (χ3v) is 7.03. The van der Waals surface area contributed by atoms with Gasteiger partial charge in [0.05, 0.1) is 23.8 Å². The first-order chi connectivity index (χ1) is 14.7. The molecule has 6 nitrogen and oxygen atoms in total. The van der Waals surface area contributed by atoms with Crippen LogP contribution in [0.5, 0.6) is 0 Å². The van der Waals surface area contributed by atoms with Crippen LogP contribution in [0.25, 0.3) is 11.1 Å². The molecule has 31 heavy (non-hydrogen) atoms. The zero-order valence-electron chi connectivity index (χ0n) is 17.0. The first kappa shape index (κ1) is 21.9. The number of hydrogen-bond donors (Lipinski definition) is 2. The molecular weight excluding hydrogens is 426 g/mol. The molecule has 9 heteroatoms. The van der Waals surface area contributed by atoms with Crippen molar-refractivity contribution in [1.29, 1.82) is 0 Å². The van der Waals surface area contributed by atoms with Crippen LogP contribution in [0.3, 0.4) is 0 Å². The van der Waals surface area contributed by atoms with E-state index in [1.54, 1.807) is 29.2 Å². The van der Waals surface area contributed by atoms with Crippen molar-refractivity contribution in [2.24, 2.45) is 5.41 Å².